The van der Waals surface area contributed by atoms with E-state index in [9.17, 15) is 23.3 Å². The number of nitrogens with one attached hydrogen (secondary N) is 2. The Hall–Kier alpha value is -5.05. The Kier molecular flexibility index (Phi) is 13.9. The predicted molar refractivity (Wildman–Crippen MR) is 264 cm³/mol. The summed E-state index contributed by atoms with van der Waals surface area (Å²) in [6.07, 6.45) is 13.1. The number of nitrogens with zero attached hydrogens (tertiary/aromatic N) is 5. The number of amides is 1. The minimum atomic E-state index is -4.68. The maximum Gasteiger partial charge on any atom is 0.273 e. The number of anilines is 1. The van der Waals surface area contributed by atoms with E-state index < -0.39 is 38.5 Å². The molecule has 0 saturated carbocycles. The van der Waals surface area contributed by atoms with E-state index in [4.69, 9.17) is 16.3 Å². The first-order valence-electron chi connectivity index (χ1n) is 22.5. The third kappa shape index (κ3) is 11.2. The van der Waals surface area contributed by atoms with Gasteiger partial charge in [0.15, 0.2) is 0 Å². The summed E-state index contributed by atoms with van der Waals surface area (Å²) in [5.41, 5.74) is 4.58. The summed E-state index contributed by atoms with van der Waals surface area (Å²) < 4.78 is 52.3. The highest BCUT2D eigenvalue weighted by molar-refractivity contribution is 7.90. The molecule has 1 unspecified atom stereocenters. The number of piperazine rings is 1. The molecule has 4 heterocycles. The zero-order valence-electron chi connectivity index (χ0n) is 38.0. The van der Waals surface area contributed by atoms with E-state index in [-0.39, 0.29) is 39.8 Å². The van der Waals surface area contributed by atoms with Crippen LogP contribution < -0.4 is 14.4 Å². The number of aromatic nitrogens is 2. The number of benzene rings is 3. The van der Waals surface area contributed by atoms with Crippen molar-refractivity contribution in [3.05, 3.63) is 122 Å². The number of allylic oxidation sites excluding steroid dienone is 1. The zero-order chi connectivity index (χ0) is 47.0. The molecule has 2 aliphatic heterocycles. The number of H-pyrrole nitrogens is 1. The van der Waals surface area contributed by atoms with Gasteiger partial charge in [0, 0.05) is 86.7 Å². The van der Waals surface area contributed by atoms with Crippen LogP contribution >= 0.6 is 18.5 Å². The number of halogens is 2. The van der Waals surface area contributed by atoms with Crippen LogP contribution in [0, 0.1) is 27.3 Å². The lowest BCUT2D eigenvalue weighted by Gasteiger charge is -2.39. The minimum Gasteiger partial charge on any atom is -0.455 e. The standard InChI is InChI=1S/C49H58ClFN7O6PS/c1-33(31-56-20-22-65(4,5)23-21-56)24-35-8-11-40(26-44(35)58(60)61)66(62,63)54-48(59)41-27-43(51)45(28-46(41)64-39-25-36-13-15-52-47(36)53-30-39)57-18-16-55(17-19-57)32-37-12-14-49(2,3)29-42(37)34-6-9-38(50)10-7-34/h6-11,13,15,25-28,30,33H,4,12,14,16-24,29,31-32H2,1-3,5H3,(H,52,53)(H,54,59). The summed E-state index contributed by atoms with van der Waals surface area (Å²) in [5.74, 6) is -1.69. The normalized spacial score (nSPS) is 18.6. The lowest BCUT2D eigenvalue weighted by Crippen LogP contribution is -2.47. The van der Waals surface area contributed by atoms with Crippen LogP contribution in [0.2, 0.25) is 5.02 Å². The topological polar surface area (TPSA) is 154 Å². The molecule has 1 amide bonds. The summed E-state index contributed by atoms with van der Waals surface area (Å²) in [7, 11) is -4.68. The third-order valence-corrected chi connectivity index (χ3v) is 17.4. The number of nitro groups is 1. The Morgan fingerprint density at radius 2 is 1.77 bits per heavy atom. The predicted octanol–water partition coefficient (Wildman–Crippen LogP) is 9.53. The van der Waals surface area contributed by atoms with Crippen LogP contribution in [0.5, 0.6) is 11.5 Å². The van der Waals surface area contributed by atoms with Gasteiger partial charge in [0.1, 0.15) is 23.0 Å². The monoisotopic (exact) mass is 957 g/mol. The molecule has 8 rings (SSSR count). The van der Waals surface area contributed by atoms with Crippen molar-refractivity contribution in [1.29, 1.82) is 0 Å². The van der Waals surface area contributed by atoms with Crippen molar-refractivity contribution >= 4 is 68.7 Å². The lowest BCUT2D eigenvalue weighted by molar-refractivity contribution is -0.385. The molecule has 3 aromatic carbocycles. The maximum atomic E-state index is 16.4. The number of pyridine rings is 1. The first-order chi connectivity index (χ1) is 31.3. The van der Waals surface area contributed by atoms with Gasteiger partial charge in [0.2, 0.25) is 0 Å². The van der Waals surface area contributed by atoms with Crippen LogP contribution in [-0.2, 0) is 16.4 Å². The van der Waals surface area contributed by atoms with Crippen LogP contribution in [0.3, 0.4) is 0 Å². The fourth-order valence-electron chi connectivity index (χ4n) is 9.37. The van der Waals surface area contributed by atoms with Gasteiger partial charge in [-0.05, 0) is 104 Å². The lowest BCUT2D eigenvalue weighted by atomic mass is 9.72. The molecule has 350 valence electrons. The molecule has 3 aliphatic rings. The molecule has 1 aliphatic carbocycles. The summed E-state index contributed by atoms with van der Waals surface area (Å²) in [4.78, 5) is 39.3. The van der Waals surface area contributed by atoms with Gasteiger partial charge in [-0.1, -0.05) is 56.1 Å². The number of nitro benzene ring substituents is 1. The van der Waals surface area contributed by atoms with Crippen LogP contribution in [0.25, 0.3) is 16.6 Å². The number of rotatable bonds is 14. The number of carbonyl (C=O) groups excluding carboxylic acids is 1. The van der Waals surface area contributed by atoms with Crippen molar-refractivity contribution in [2.75, 3.05) is 76.2 Å². The Bertz CT molecular complexity index is 2830. The Labute approximate surface area is 391 Å². The molecule has 17 heteroatoms. The molecule has 66 heavy (non-hydrogen) atoms. The van der Waals surface area contributed by atoms with E-state index >= 15 is 4.39 Å². The number of hydrogen-bond acceptors (Lipinski definition) is 10. The van der Waals surface area contributed by atoms with E-state index in [0.717, 1.165) is 75.3 Å². The van der Waals surface area contributed by atoms with Crippen molar-refractivity contribution in [2.45, 2.75) is 51.3 Å². The summed E-state index contributed by atoms with van der Waals surface area (Å²) in [6, 6.07) is 17.6. The number of aromatic amines is 1. The van der Waals surface area contributed by atoms with Crippen LogP contribution in [-0.4, -0.2) is 117 Å². The highest BCUT2D eigenvalue weighted by atomic mass is 35.5. The fraction of sp³-hybridized carbons (Fsp3) is 0.408. The van der Waals surface area contributed by atoms with Gasteiger partial charge >= 0.3 is 0 Å². The first kappa shape index (κ1) is 47.4. The van der Waals surface area contributed by atoms with Crippen molar-refractivity contribution in [3.63, 3.8) is 0 Å². The van der Waals surface area contributed by atoms with Crippen LogP contribution in [0.1, 0.15) is 61.5 Å². The van der Waals surface area contributed by atoms with Gasteiger partial charge < -0.3 is 19.5 Å². The smallest absolute Gasteiger partial charge is 0.273 e. The second-order valence-corrected chi connectivity index (χ2v) is 25.6. The summed E-state index contributed by atoms with van der Waals surface area (Å²) in [5, 5.41) is 13.7. The number of ether oxygens (including phenoxy) is 1. The van der Waals surface area contributed by atoms with Gasteiger partial charge in [-0.2, -0.15) is 0 Å². The van der Waals surface area contributed by atoms with E-state index in [1.165, 1.54) is 41.1 Å². The van der Waals surface area contributed by atoms with E-state index in [1.54, 1.807) is 18.3 Å². The number of fused-ring (bicyclic) bond motifs is 1. The van der Waals surface area contributed by atoms with Crippen LogP contribution in [0.15, 0.2) is 89.6 Å². The van der Waals surface area contributed by atoms with Gasteiger partial charge in [-0.25, -0.2) is 22.5 Å². The molecule has 1 atom stereocenters. The van der Waals surface area contributed by atoms with Gasteiger partial charge in [0.05, 0.1) is 27.3 Å². The summed E-state index contributed by atoms with van der Waals surface area (Å²) >= 11 is 6.24. The number of carbonyl (C=O) groups is 1. The van der Waals surface area contributed by atoms with E-state index in [2.05, 4.69) is 58.7 Å². The molecular weight excluding hydrogens is 900 g/mol. The molecule has 0 spiro atoms. The second kappa shape index (κ2) is 19.3. The van der Waals surface area contributed by atoms with E-state index in [0.29, 0.717) is 48.8 Å². The third-order valence-electron chi connectivity index (χ3n) is 13.2. The molecule has 2 saturated heterocycles. The number of hydrogen-bond donors (Lipinski definition) is 2. The molecule has 2 aromatic heterocycles. The quantitative estimate of drug-likeness (QED) is 0.0625. The molecule has 5 aromatic rings. The largest absolute Gasteiger partial charge is 0.455 e. The molecule has 0 radical (unpaired) electrons. The molecule has 0 bridgehead atoms. The zero-order valence-corrected chi connectivity index (χ0v) is 40.5. The Balaban J connectivity index is 1.01. The van der Waals surface area contributed by atoms with Crippen molar-refractivity contribution in [2.24, 2.45) is 11.3 Å². The molecule has 2 fully saturated rings. The van der Waals surface area contributed by atoms with Crippen LogP contribution in [0.4, 0.5) is 15.8 Å². The summed E-state index contributed by atoms with van der Waals surface area (Å²) in [6.45, 7) is 13.5. The van der Waals surface area contributed by atoms with E-state index in [1.807, 2.05) is 28.7 Å². The number of sulfonamides is 1. The maximum absolute atomic E-state index is 16.4. The van der Waals surface area contributed by atoms with Crippen molar-refractivity contribution < 1.29 is 27.3 Å². The molecule has 2 N–H and O–H groups in total. The van der Waals surface area contributed by atoms with Gasteiger partial charge in [-0.3, -0.25) is 19.8 Å². The minimum absolute atomic E-state index is 0.0627. The van der Waals surface area contributed by atoms with Gasteiger partial charge in [0.25, 0.3) is 21.6 Å². The molecular formula is C49H58ClFN7O6PS. The highest BCUT2D eigenvalue weighted by Crippen LogP contribution is 2.44. The average molecular weight is 959 g/mol. The Morgan fingerprint density at radius 1 is 1.05 bits per heavy atom. The van der Waals surface area contributed by atoms with Gasteiger partial charge in [-0.15, -0.1) is 13.2 Å². The Morgan fingerprint density at radius 3 is 2.48 bits per heavy atom. The molecule has 13 nitrogen and oxygen atoms in total. The van der Waals surface area contributed by atoms with Crippen molar-refractivity contribution in [1.82, 2.24) is 24.5 Å². The first-order valence-corrected chi connectivity index (χ1v) is 27.1. The average Bonchev–Trinajstić information content (AvgIpc) is 3.74. The highest BCUT2D eigenvalue weighted by Gasteiger charge is 2.32. The second-order valence-electron chi connectivity index (χ2n) is 19.3. The fourth-order valence-corrected chi connectivity index (χ4v) is 12.2. The van der Waals surface area contributed by atoms with Crippen molar-refractivity contribution in [3.8, 4) is 11.5 Å². The SMILES string of the molecule is C=P1(C)CCN(CC(C)Cc2ccc(S(=O)(=O)NC(=O)c3cc(F)c(N4CCN(CC5=C(c6ccc(Cl)cc6)CC(C)(C)CC5)CC4)cc3Oc3cnc4[nH]ccc4c3)cc2[N+](=O)[O-])CC1.